The summed E-state index contributed by atoms with van der Waals surface area (Å²) in [6, 6.07) is 0. The topological polar surface area (TPSA) is 70.7 Å². The van der Waals surface area contributed by atoms with Crippen LogP contribution in [0, 0.1) is 5.41 Å². The van der Waals surface area contributed by atoms with Crippen molar-refractivity contribution in [2.45, 2.75) is 45.4 Å². The molecule has 1 rings (SSSR count). The molecular formula is C15H28N2O3S4. The van der Waals surface area contributed by atoms with E-state index in [1.54, 1.807) is 43.2 Å². The van der Waals surface area contributed by atoms with Crippen LogP contribution in [-0.2, 0) is 14.3 Å². The summed E-state index contributed by atoms with van der Waals surface area (Å²) >= 11 is 0. The Morgan fingerprint density at radius 2 is 1.62 bits per heavy atom. The maximum absolute atomic E-state index is 12.0. The third-order valence-electron chi connectivity index (χ3n) is 3.70. The minimum Gasteiger partial charge on any atom is -0.355 e. The zero-order valence-electron chi connectivity index (χ0n) is 15.0. The summed E-state index contributed by atoms with van der Waals surface area (Å²) in [6.07, 6.45) is 4.92. The van der Waals surface area contributed by atoms with Gasteiger partial charge in [-0.15, -0.1) is 0 Å². The Morgan fingerprint density at radius 1 is 1.08 bits per heavy atom. The predicted octanol–water partition coefficient (Wildman–Crippen LogP) is 3.16. The van der Waals surface area contributed by atoms with Gasteiger partial charge in [0.15, 0.2) is 5.72 Å². The molecule has 1 aliphatic rings. The zero-order chi connectivity index (χ0) is 18.2. The number of carbonyl (C=O) groups excluding carboxylic acids is 2. The van der Waals surface area contributed by atoms with E-state index in [0.29, 0.717) is 19.4 Å². The molecule has 1 aliphatic heterocycles. The Labute approximate surface area is 161 Å². The Bertz CT molecular complexity index is 437. The summed E-state index contributed by atoms with van der Waals surface area (Å²) in [5.74, 6) is 1.68. The Kier molecular flexibility index (Phi) is 9.73. The molecule has 0 aromatic heterocycles. The number of rotatable bonds is 12. The molecule has 0 saturated carbocycles. The van der Waals surface area contributed by atoms with Crippen molar-refractivity contribution in [3.63, 3.8) is 0 Å². The summed E-state index contributed by atoms with van der Waals surface area (Å²) in [6.45, 7) is 6.54. The van der Waals surface area contributed by atoms with Crippen molar-refractivity contribution in [3.05, 3.63) is 0 Å². The number of amides is 2. The van der Waals surface area contributed by atoms with Crippen LogP contribution in [0.4, 0.5) is 0 Å². The average Bonchev–Trinajstić information content (AvgIpc) is 3.18. The second-order valence-electron chi connectivity index (χ2n) is 6.40. The molecule has 9 heteroatoms. The van der Waals surface area contributed by atoms with Gasteiger partial charge in [0, 0.05) is 36.3 Å². The Morgan fingerprint density at radius 3 is 2.17 bits per heavy atom. The van der Waals surface area contributed by atoms with Gasteiger partial charge in [0.25, 0.3) is 0 Å². The molecule has 1 heterocycles. The van der Waals surface area contributed by atoms with Gasteiger partial charge < -0.3 is 15.4 Å². The van der Waals surface area contributed by atoms with Crippen molar-refractivity contribution < 1.29 is 14.3 Å². The standard InChI is InChI=1S/C15H28N2O3S4/c1-14(2,10-16-11(18)6-8-23-21-4)13-15(3,20-13)17-12(19)7-9-24-22-5/h13H,6-10H2,1-5H3,(H,16,18)(H,17,19). The van der Waals surface area contributed by atoms with Crippen LogP contribution in [-0.4, -0.2) is 54.2 Å². The van der Waals surface area contributed by atoms with Gasteiger partial charge in [-0.05, 0) is 19.4 Å². The van der Waals surface area contributed by atoms with Crippen molar-refractivity contribution in [1.82, 2.24) is 10.6 Å². The zero-order valence-corrected chi connectivity index (χ0v) is 18.2. The summed E-state index contributed by atoms with van der Waals surface area (Å²) in [7, 11) is 6.69. The highest BCUT2D eigenvalue weighted by Gasteiger charge is 2.60. The first-order valence-corrected chi connectivity index (χ1v) is 13.3. The molecule has 0 spiro atoms. The van der Waals surface area contributed by atoms with Crippen molar-refractivity contribution in [2.24, 2.45) is 5.41 Å². The second-order valence-corrected chi connectivity index (χ2v) is 11.8. The fourth-order valence-electron chi connectivity index (χ4n) is 2.49. The number of ether oxygens (including phenoxy) is 1. The molecule has 0 radical (unpaired) electrons. The maximum Gasteiger partial charge on any atom is 0.223 e. The third kappa shape index (κ3) is 7.68. The molecule has 2 amide bonds. The molecule has 2 N–H and O–H groups in total. The fourth-order valence-corrected chi connectivity index (χ4v) is 4.86. The first-order valence-electron chi connectivity index (χ1n) is 7.82. The number of hydrogen-bond donors (Lipinski definition) is 2. The lowest BCUT2D eigenvalue weighted by atomic mass is 9.85. The summed E-state index contributed by atoms with van der Waals surface area (Å²) < 4.78 is 5.77. The van der Waals surface area contributed by atoms with E-state index in [-0.39, 0.29) is 23.3 Å². The first-order chi connectivity index (χ1) is 11.2. The molecule has 0 aromatic rings. The van der Waals surface area contributed by atoms with E-state index in [1.807, 2.05) is 19.4 Å². The molecule has 140 valence electrons. The van der Waals surface area contributed by atoms with E-state index in [2.05, 4.69) is 24.5 Å². The second kappa shape index (κ2) is 10.4. The van der Waals surface area contributed by atoms with Crippen LogP contribution >= 0.6 is 43.2 Å². The van der Waals surface area contributed by atoms with E-state index < -0.39 is 5.72 Å². The van der Waals surface area contributed by atoms with Crippen molar-refractivity contribution in [3.8, 4) is 0 Å². The Balaban J connectivity index is 2.35. The van der Waals surface area contributed by atoms with Gasteiger partial charge in [-0.2, -0.15) is 0 Å². The molecule has 1 saturated heterocycles. The van der Waals surface area contributed by atoms with Crippen LogP contribution in [0.5, 0.6) is 0 Å². The van der Waals surface area contributed by atoms with Gasteiger partial charge in [0.2, 0.25) is 11.8 Å². The fraction of sp³-hybridized carbons (Fsp3) is 0.867. The largest absolute Gasteiger partial charge is 0.355 e. The quantitative estimate of drug-likeness (QED) is 0.290. The highest BCUT2D eigenvalue weighted by Crippen LogP contribution is 2.45. The van der Waals surface area contributed by atoms with Crippen LogP contribution in [0.1, 0.15) is 33.6 Å². The van der Waals surface area contributed by atoms with Crippen molar-refractivity contribution in [1.29, 1.82) is 0 Å². The van der Waals surface area contributed by atoms with Crippen LogP contribution in [0.15, 0.2) is 0 Å². The summed E-state index contributed by atoms with van der Waals surface area (Å²) in [5, 5.41) is 5.95. The smallest absolute Gasteiger partial charge is 0.223 e. The molecule has 2 unspecified atom stereocenters. The third-order valence-corrected chi connectivity index (χ3v) is 7.33. The molecule has 1 fully saturated rings. The van der Waals surface area contributed by atoms with Gasteiger partial charge in [0.1, 0.15) is 6.10 Å². The van der Waals surface area contributed by atoms with E-state index in [4.69, 9.17) is 4.74 Å². The number of hydrogen-bond acceptors (Lipinski definition) is 7. The summed E-state index contributed by atoms with van der Waals surface area (Å²) in [5.41, 5.74) is -0.859. The van der Waals surface area contributed by atoms with Gasteiger partial charge in [0.05, 0.1) is 0 Å². The normalized spacial score (nSPS) is 23.0. The van der Waals surface area contributed by atoms with Gasteiger partial charge in [-0.25, -0.2) is 0 Å². The molecule has 0 bridgehead atoms. The van der Waals surface area contributed by atoms with Crippen LogP contribution < -0.4 is 10.6 Å². The van der Waals surface area contributed by atoms with E-state index >= 15 is 0 Å². The molecule has 24 heavy (non-hydrogen) atoms. The summed E-state index contributed by atoms with van der Waals surface area (Å²) in [4.78, 5) is 23.8. The van der Waals surface area contributed by atoms with Crippen LogP contribution in [0.2, 0.25) is 0 Å². The van der Waals surface area contributed by atoms with E-state index in [0.717, 1.165) is 11.5 Å². The number of carbonyl (C=O) groups is 2. The van der Waals surface area contributed by atoms with Gasteiger partial charge >= 0.3 is 0 Å². The molecule has 5 nitrogen and oxygen atoms in total. The SMILES string of the molecule is CSSCCC(=O)NCC(C)(C)C1OC1(C)NC(=O)CCSSC. The monoisotopic (exact) mass is 412 g/mol. The highest BCUT2D eigenvalue weighted by molar-refractivity contribution is 8.76. The average molecular weight is 413 g/mol. The van der Waals surface area contributed by atoms with Crippen molar-refractivity contribution >= 4 is 55.0 Å². The van der Waals surface area contributed by atoms with Gasteiger partial charge in [-0.3, -0.25) is 9.59 Å². The number of epoxide rings is 1. The maximum atomic E-state index is 12.0. The lowest BCUT2D eigenvalue weighted by Crippen LogP contribution is -2.44. The van der Waals surface area contributed by atoms with Gasteiger partial charge in [-0.1, -0.05) is 57.0 Å². The van der Waals surface area contributed by atoms with Crippen LogP contribution in [0.3, 0.4) is 0 Å². The minimum atomic E-state index is -0.621. The lowest BCUT2D eigenvalue weighted by molar-refractivity contribution is -0.122. The molecule has 2 atom stereocenters. The minimum absolute atomic E-state index is 0.00970. The van der Waals surface area contributed by atoms with E-state index in [9.17, 15) is 9.59 Å². The molecule has 0 aliphatic carbocycles. The van der Waals surface area contributed by atoms with Crippen molar-refractivity contribution in [2.75, 3.05) is 30.6 Å². The highest BCUT2D eigenvalue weighted by atomic mass is 33.1. The Hall–Kier alpha value is 0.300. The predicted molar refractivity (Wildman–Crippen MR) is 109 cm³/mol. The molecular weight excluding hydrogens is 384 g/mol. The van der Waals surface area contributed by atoms with E-state index in [1.165, 1.54) is 0 Å². The number of nitrogens with one attached hydrogen (secondary N) is 2. The van der Waals surface area contributed by atoms with Crippen LogP contribution in [0.25, 0.3) is 0 Å². The first kappa shape index (κ1) is 22.3. The molecule has 0 aromatic carbocycles. The lowest BCUT2D eigenvalue weighted by Gasteiger charge is -2.24.